The van der Waals surface area contributed by atoms with Gasteiger partial charge in [0.05, 0.1) is 11.4 Å². The molecular formula is C13H14N2O. The molecule has 0 spiro atoms. The van der Waals surface area contributed by atoms with Crippen LogP contribution in [0.3, 0.4) is 0 Å². The summed E-state index contributed by atoms with van der Waals surface area (Å²) in [7, 11) is 0. The van der Waals surface area contributed by atoms with Crippen molar-refractivity contribution in [2.24, 2.45) is 0 Å². The number of hydrogen-bond acceptors (Lipinski definition) is 2. The average Bonchev–Trinajstić information content (AvgIpc) is 2.57. The first-order chi connectivity index (χ1) is 7.61. The van der Waals surface area contributed by atoms with Gasteiger partial charge in [0.15, 0.2) is 6.29 Å². The van der Waals surface area contributed by atoms with E-state index < -0.39 is 0 Å². The Balaban J connectivity index is 2.66. The molecule has 0 aliphatic rings. The third-order valence-corrected chi connectivity index (χ3v) is 2.58. The first-order valence-corrected chi connectivity index (χ1v) is 5.20. The Bertz CT molecular complexity index is 541. The lowest BCUT2D eigenvalue weighted by molar-refractivity contribution is 0.112. The molecule has 2 aromatic rings. The third-order valence-electron chi connectivity index (χ3n) is 2.58. The zero-order valence-electron chi connectivity index (χ0n) is 9.69. The molecule has 2 rings (SSSR count). The molecule has 0 bridgehead atoms. The Morgan fingerprint density at radius 3 is 2.56 bits per heavy atom. The molecule has 0 unspecified atom stereocenters. The van der Waals surface area contributed by atoms with Crippen molar-refractivity contribution in [2.75, 3.05) is 0 Å². The van der Waals surface area contributed by atoms with Gasteiger partial charge >= 0.3 is 0 Å². The molecule has 1 heterocycles. The molecule has 0 atom stereocenters. The SMILES string of the molecule is Cc1ccc(C=O)c(-n2cc(C)nc2C)c1. The van der Waals surface area contributed by atoms with Gasteiger partial charge in [-0.15, -0.1) is 0 Å². The maximum Gasteiger partial charge on any atom is 0.152 e. The Morgan fingerprint density at radius 1 is 1.25 bits per heavy atom. The number of aryl methyl sites for hydroxylation is 3. The van der Waals surface area contributed by atoms with Gasteiger partial charge in [0.25, 0.3) is 0 Å². The normalized spacial score (nSPS) is 10.4. The smallest absolute Gasteiger partial charge is 0.152 e. The van der Waals surface area contributed by atoms with Crippen molar-refractivity contribution in [3.8, 4) is 5.69 Å². The molecule has 0 aliphatic carbocycles. The number of imidazole rings is 1. The third kappa shape index (κ3) is 1.76. The lowest BCUT2D eigenvalue weighted by atomic mass is 10.1. The fraction of sp³-hybridized carbons (Fsp3) is 0.231. The van der Waals surface area contributed by atoms with Crippen LogP contribution in [0.4, 0.5) is 0 Å². The number of rotatable bonds is 2. The molecule has 0 aliphatic heterocycles. The van der Waals surface area contributed by atoms with Gasteiger partial charge < -0.3 is 4.57 Å². The van der Waals surface area contributed by atoms with E-state index in [-0.39, 0.29) is 0 Å². The molecule has 1 aromatic carbocycles. The molecule has 0 saturated carbocycles. The van der Waals surface area contributed by atoms with Gasteiger partial charge in [-0.2, -0.15) is 0 Å². The van der Waals surface area contributed by atoms with E-state index in [2.05, 4.69) is 4.98 Å². The second-order valence-electron chi connectivity index (χ2n) is 3.98. The summed E-state index contributed by atoms with van der Waals surface area (Å²) >= 11 is 0. The Labute approximate surface area is 94.7 Å². The highest BCUT2D eigenvalue weighted by molar-refractivity contribution is 5.81. The highest BCUT2D eigenvalue weighted by Gasteiger charge is 2.08. The quantitative estimate of drug-likeness (QED) is 0.720. The van der Waals surface area contributed by atoms with E-state index in [0.29, 0.717) is 5.56 Å². The largest absolute Gasteiger partial charge is 0.303 e. The number of aromatic nitrogens is 2. The average molecular weight is 214 g/mol. The lowest BCUT2D eigenvalue weighted by Crippen LogP contribution is -2.00. The van der Waals surface area contributed by atoms with Crippen molar-refractivity contribution in [1.82, 2.24) is 9.55 Å². The fourth-order valence-corrected chi connectivity index (χ4v) is 1.82. The summed E-state index contributed by atoms with van der Waals surface area (Å²) in [5.41, 5.74) is 3.67. The fourth-order valence-electron chi connectivity index (χ4n) is 1.82. The van der Waals surface area contributed by atoms with Crippen molar-refractivity contribution in [2.45, 2.75) is 20.8 Å². The number of benzene rings is 1. The highest BCUT2D eigenvalue weighted by atomic mass is 16.1. The van der Waals surface area contributed by atoms with Crippen LogP contribution in [0.25, 0.3) is 5.69 Å². The second kappa shape index (κ2) is 3.93. The van der Waals surface area contributed by atoms with Crippen molar-refractivity contribution >= 4 is 6.29 Å². The molecular weight excluding hydrogens is 200 g/mol. The predicted molar refractivity (Wildman–Crippen MR) is 63.2 cm³/mol. The summed E-state index contributed by atoms with van der Waals surface area (Å²) in [5.74, 6) is 0.895. The summed E-state index contributed by atoms with van der Waals surface area (Å²) in [6.45, 7) is 5.89. The summed E-state index contributed by atoms with van der Waals surface area (Å²) in [6.07, 6.45) is 2.82. The van der Waals surface area contributed by atoms with E-state index in [1.165, 1.54) is 0 Å². The molecule has 0 radical (unpaired) electrons. The monoisotopic (exact) mass is 214 g/mol. The molecule has 16 heavy (non-hydrogen) atoms. The van der Waals surface area contributed by atoms with Crippen LogP contribution in [-0.2, 0) is 0 Å². The molecule has 0 amide bonds. The van der Waals surface area contributed by atoms with E-state index in [1.807, 2.05) is 49.7 Å². The number of carbonyl (C=O) groups excluding carboxylic acids is 1. The predicted octanol–water partition coefficient (Wildman–Crippen LogP) is 2.61. The standard InChI is InChI=1S/C13H14N2O/c1-9-4-5-12(8-16)13(6-9)15-7-10(2)14-11(15)3/h4-8H,1-3H3. The van der Waals surface area contributed by atoms with Gasteiger partial charge in [-0.1, -0.05) is 6.07 Å². The van der Waals surface area contributed by atoms with Crippen LogP contribution >= 0.6 is 0 Å². The minimum Gasteiger partial charge on any atom is -0.303 e. The van der Waals surface area contributed by atoms with Crippen LogP contribution < -0.4 is 0 Å². The van der Waals surface area contributed by atoms with Gasteiger partial charge in [0, 0.05) is 11.8 Å². The zero-order chi connectivity index (χ0) is 11.7. The second-order valence-corrected chi connectivity index (χ2v) is 3.98. The molecule has 0 fully saturated rings. The zero-order valence-corrected chi connectivity index (χ0v) is 9.69. The molecule has 3 heteroatoms. The van der Waals surface area contributed by atoms with Crippen molar-refractivity contribution < 1.29 is 4.79 Å². The van der Waals surface area contributed by atoms with E-state index in [4.69, 9.17) is 0 Å². The van der Waals surface area contributed by atoms with Crippen LogP contribution in [0.5, 0.6) is 0 Å². The van der Waals surface area contributed by atoms with Gasteiger partial charge in [-0.05, 0) is 38.5 Å². The summed E-state index contributed by atoms with van der Waals surface area (Å²) in [5, 5.41) is 0. The summed E-state index contributed by atoms with van der Waals surface area (Å²) in [4.78, 5) is 15.3. The minimum atomic E-state index is 0.686. The molecule has 1 aromatic heterocycles. The highest BCUT2D eigenvalue weighted by Crippen LogP contribution is 2.17. The molecule has 0 saturated heterocycles. The van der Waals surface area contributed by atoms with Gasteiger partial charge in [0.2, 0.25) is 0 Å². The van der Waals surface area contributed by atoms with Gasteiger partial charge in [-0.3, -0.25) is 4.79 Å². The van der Waals surface area contributed by atoms with E-state index in [9.17, 15) is 4.79 Å². The van der Waals surface area contributed by atoms with Crippen LogP contribution in [0.15, 0.2) is 24.4 Å². The molecule has 3 nitrogen and oxygen atoms in total. The van der Waals surface area contributed by atoms with Crippen LogP contribution in [0, 0.1) is 20.8 Å². The molecule has 82 valence electrons. The van der Waals surface area contributed by atoms with Crippen molar-refractivity contribution in [3.05, 3.63) is 47.0 Å². The van der Waals surface area contributed by atoms with Crippen molar-refractivity contribution in [3.63, 3.8) is 0 Å². The molecule has 0 N–H and O–H groups in total. The van der Waals surface area contributed by atoms with Gasteiger partial charge in [0.1, 0.15) is 5.82 Å². The number of hydrogen-bond donors (Lipinski definition) is 0. The summed E-state index contributed by atoms with van der Waals surface area (Å²) in [6, 6.07) is 5.77. The Kier molecular flexibility index (Phi) is 2.60. The number of nitrogens with zero attached hydrogens (tertiary/aromatic N) is 2. The lowest BCUT2D eigenvalue weighted by Gasteiger charge is -2.08. The van der Waals surface area contributed by atoms with Gasteiger partial charge in [-0.25, -0.2) is 4.98 Å². The first kappa shape index (κ1) is 10.6. The summed E-state index contributed by atoms with van der Waals surface area (Å²) < 4.78 is 1.95. The maximum atomic E-state index is 11.0. The maximum absolute atomic E-state index is 11.0. The van der Waals surface area contributed by atoms with E-state index in [1.54, 1.807) is 0 Å². The van der Waals surface area contributed by atoms with Crippen LogP contribution in [0.1, 0.15) is 27.4 Å². The van der Waals surface area contributed by atoms with Crippen molar-refractivity contribution in [1.29, 1.82) is 0 Å². The van der Waals surface area contributed by atoms with E-state index in [0.717, 1.165) is 29.1 Å². The van der Waals surface area contributed by atoms with E-state index >= 15 is 0 Å². The number of aldehydes is 1. The Morgan fingerprint density at radius 2 is 2.00 bits per heavy atom. The minimum absolute atomic E-state index is 0.686. The Hall–Kier alpha value is -1.90. The van der Waals surface area contributed by atoms with Crippen LogP contribution in [0.2, 0.25) is 0 Å². The number of carbonyl (C=O) groups is 1. The first-order valence-electron chi connectivity index (χ1n) is 5.20. The topological polar surface area (TPSA) is 34.9 Å². The van der Waals surface area contributed by atoms with Crippen LogP contribution in [-0.4, -0.2) is 15.8 Å².